The maximum absolute atomic E-state index is 11.6. The molecule has 0 aliphatic carbocycles. The molecule has 0 aromatic rings. The predicted octanol–water partition coefficient (Wildman–Crippen LogP) is 0.410. The van der Waals surface area contributed by atoms with E-state index in [4.69, 9.17) is 4.74 Å². The van der Waals surface area contributed by atoms with Crippen molar-refractivity contribution in [2.24, 2.45) is 0 Å². The molecule has 2 heterocycles. The molecule has 5 heteroatoms. The Morgan fingerprint density at radius 3 is 2.87 bits per heavy atom. The largest absolute Gasteiger partial charge is 0.390 e. The Bertz CT molecular complexity index is 282. The molecule has 0 bridgehead atoms. The van der Waals surface area contributed by atoms with Crippen molar-refractivity contribution in [1.29, 1.82) is 0 Å². The quantitative estimate of drug-likeness (QED) is 0.661. The van der Waals surface area contributed by atoms with Crippen molar-refractivity contribution in [3.63, 3.8) is 0 Å². The lowest BCUT2D eigenvalue weighted by Crippen LogP contribution is -2.48. The Morgan fingerprint density at radius 1 is 1.60 bits per heavy atom. The van der Waals surface area contributed by atoms with Gasteiger partial charge in [-0.1, -0.05) is 0 Å². The highest BCUT2D eigenvalue weighted by molar-refractivity contribution is 5.77. The number of hydrogen-bond acceptors (Lipinski definition) is 3. The minimum absolute atomic E-state index is 0.0532. The number of urea groups is 1. The lowest BCUT2D eigenvalue weighted by atomic mass is 10.2. The number of rotatable bonds is 1. The number of ether oxygens (including phenoxy) is 1. The number of hydrogen-bond donors (Lipinski definition) is 2. The van der Waals surface area contributed by atoms with Crippen LogP contribution in [-0.2, 0) is 4.74 Å². The maximum Gasteiger partial charge on any atom is 0.323 e. The molecule has 15 heavy (non-hydrogen) atoms. The van der Waals surface area contributed by atoms with Crippen LogP contribution >= 0.6 is 0 Å². The molecule has 0 saturated carbocycles. The van der Waals surface area contributed by atoms with E-state index in [1.165, 1.54) is 4.90 Å². The van der Waals surface area contributed by atoms with Gasteiger partial charge in [0.05, 0.1) is 12.2 Å². The van der Waals surface area contributed by atoms with Gasteiger partial charge < -0.3 is 15.2 Å². The smallest absolute Gasteiger partial charge is 0.323 e. The summed E-state index contributed by atoms with van der Waals surface area (Å²) >= 11 is 0. The average Bonchev–Trinajstić information content (AvgIpc) is 2.46. The van der Waals surface area contributed by atoms with E-state index in [0.717, 1.165) is 0 Å². The summed E-state index contributed by atoms with van der Waals surface area (Å²) in [5.41, 5.74) is 0. The van der Waals surface area contributed by atoms with Gasteiger partial charge in [-0.25, -0.2) is 4.79 Å². The van der Waals surface area contributed by atoms with E-state index in [1.807, 2.05) is 13.0 Å². The standard InChI is InChI=1S/C10H16N2O3/c1-6-3-4-12(10(14)11-6)9-5-8(13)7(2)15-9/h3-4,6-9,13H,5H2,1-2H3,(H,11,14)/t6?,7-,8+,9-/m1/s1. The molecule has 1 fully saturated rings. The van der Waals surface area contributed by atoms with Crippen LogP contribution < -0.4 is 5.32 Å². The number of amides is 2. The first kappa shape index (κ1) is 10.4. The number of carbonyl (C=O) groups is 1. The number of carbonyl (C=O) groups excluding carboxylic acids is 1. The van der Waals surface area contributed by atoms with Crippen molar-refractivity contribution < 1.29 is 14.6 Å². The molecule has 84 valence electrons. The van der Waals surface area contributed by atoms with Crippen LogP contribution in [0.3, 0.4) is 0 Å². The summed E-state index contributed by atoms with van der Waals surface area (Å²) in [4.78, 5) is 13.1. The molecule has 4 atom stereocenters. The molecule has 2 aliphatic rings. The zero-order chi connectivity index (χ0) is 11.0. The second-order valence-electron chi connectivity index (χ2n) is 4.09. The van der Waals surface area contributed by atoms with Gasteiger partial charge in [-0.2, -0.15) is 0 Å². The molecule has 0 radical (unpaired) electrons. The molecular formula is C10H16N2O3. The van der Waals surface area contributed by atoms with Crippen LogP contribution in [-0.4, -0.2) is 40.5 Å². The van der Waals surface area contributed by atoms with Crippen molar-refractivity contribution in [3.05, 3.63) is 12.3 Å². The van der Waals surface area contributed by atoms with E-state index in [9.17, 15) is 9.90 Å². The summed E-state index contributed by atoms with van der Waals surface area (Å²) in [7, 11) is 0. The highest BCUT2D eigenvalue weighted by atomic mass is 16.5. The van der Waals surface area contributed by atoms with E-state index in [1.54, 1.807) is 13.1 Å². The zero-order valence-corrected chi connectivity index (χ0v) is 8.88. The summed E-state index contributed by atoms with van der Waals surface area (Å²) < 4.78 is 5.48. The van der Waals surface area contributed by atoms with Gasteiger partial charge >= 0.3 is 6.03 Å². The third-order valence-corrected chi connectivity index (χ3v) is 2.79. The van der Waals surface area contributed by atoms with Crippen LogP contribution in [0.15, 0.2) is 12.3 Å². The Labute approximate surface area is 88.7 Å². The third kappa shape index (κ3) is 1.98. The Kier molecular flexibility index (Phi) is 2.67. The molecule has 0 aromatic carbocycles. The van der Waals surface area contributed by atoms with Crippen LogP contribution in [0, 0.1) is 0 Å². The summed E-state index contributed by atoms with van der Waals surface area (Å²) in [6, 6.07) is -0.117. The first-order chi connectivity index (χ1) is 7.08. The van der Waals surface area contributed by atoms with Gasteiger partial charge in [0.15, 0.2) is 0 Å². The molecule has 0 spiro atoms. The average molecular weight is 212 g/mol. The zero-order valence-electron chi connectivity index (χ0n) is 8.88. The first-order valence-corrected chi connectivity index (χ1v) is 5.18. The van der Waals surface area contributed by atoms with Gasteiger partial charge in [0.25, 0.3) is 0 Å². The van der Waals surface area contributed by atoms with E-state index in [2.05, 4.69) is 5.32 Å². The Balaban J connectivity index is 2.06. The van der Waals surface area contributed by atoms with Crippen LogP contribution in [0.5, 0.6) is 0 Å². The highest BCUT2D eigenvalue weighted by Gasteiger charge is 2.36. The maximum atomic E-state index is 11.6. The minimum atomic E-state index is -0.490. The molecule has 2 amide bonds. The second kappa shape index (κ2) is 3.83. The van der Waals surface area contributed by atoms with Crippen LogP contribution in [0.4, 0.5) is 4.79 Å². The van der Waals surface area contributed by atoms with E-state index >= 15 is 0 Å². The van der Waals surface area contributed by atoms with Crippen molar-refractivity contribution >= 4 is 6.03 Å². The SMILES string of the molecule is CC1C=CN([C@H]2C[C@H](O)[C@@H](C)O2)C(=O)N1. The number of nitrogens with one attached hydrogen (secondary N) is 1. The molecule has 2 rings (SSSR count). The van der Waals surface area contributed by atoms with Gasteiger partial charge in [0.1, 0.15) is 6.23 Å². The minimum Gasteiger partial charge on any atom is -0.390 e. The lowest BCUT2D eigenvalue weighted by molar-refractivity contribution is -0.0234. The van der Waals surface area contributed by atoms with Gasteiger partial charge in [-0.3, -0.25) is 4.90 Å². The molecule has 0 aromatic heterocycles. The van der Waals surface area contributed by atoms with Crippen molar-refractivity contribution in [1.82, 2.24) is 10.2 Å². The molecular weight excluding hydrogens is 196 g/mol. The predicted molar refractivity (Wildman–Crippen MR) is 53.9 cm³/mol. The Morgan fingerprint density at radius 2 is 2.33 bits per heavy atom. The van der Waals surface area contributed by atoms with Gasteiger partial charge in [0, 0.05) is 18.7 Å². The van der Waals surface area contributed by atoms with Gasteiger partial charge in [-0.15, -0.1) is 0 Å². The number of aliphatic hydroxyl groups is 1. The topological polar surface area (TPSA) is 61.8 Å². The van der Waals surface area contributed by atoms with Gasteiger partial charge in [-0.05, 0) is 19.9 Å². The van der Waals surface area contributed by atoms with E-state index in [0.29, 0.717) is 6.42 Å². The number of nitrogens with zero attached hydrogens (tertiary/aromatic N) is 1. The Hall–Kier alpha value is -1.07. The molecule has 2 aliphatic heterocycles. The molecule has 2 N–H and O–H groups in total. The molecule has 5 nitrogen and oxygen atoms in total. The highest BCUT2D eigenvalue weighted by Crippen LogP contribution is 2.24. The number of aliphatic hydroxyl groups excluding tert-OH is 1. The fourth-order valence-electron chi connectivity index (χ4n) is 1.81. The fraction of sp³-hybridized carbons (Fsp3) is 0.700. The summed E-state index contributed by atoms with van der Waals surface area (Å²) in [5, 5.41) is 12.3. The summed E-state index contributed by atoms with van der Waals surface area (Å²) in [5.74, 6) is 0. The molecule has 1 unspecified atom stereocenters. The van der Waals surface area contributed by atoms with E-state index < -0.39 is 6.10 Å². The van der Waals surface area contributed by atoms with E-state index in [-0.39, 0.29) is 24.4 Å². The summed E-state index contributed by atoms with van der Waals surface area (Å²) in [6.07, 6.45) is 3.02. The van der Waals surface area contributed by atoms with Crippen molar-refractivity contribution in [3.8, 4) is 0 Å². The van der Waals surface area contributed by atoms with Crippen molar-refractivity contribution in [2.75, 3.05) is 0 Å². The molecule has 1 saturated heterocycles. The van der Waals surface area contributed by atoms with Crippen LogP contribution in [0.2, 0.25) is 0 Å². The monoisotopic (exact) mass is 212 g/mol. The van der Waals surface area contributed by atoms with Crippen LogP contribution in [0.25, 0.3) is 0 Å². The third-order valence-electron chi connectivity index (χ3n) is 2.79. The van der Waals surface area contributed by atoms with Gasteiger partial charge in [0.2, 0.25) is 0 Å². The second-order valence-corrected chi connectivity index (χ2v) is 4.09. The first-order valence-electron chi connectivity index (χ1n) is 5.18. The normalized spacial score (nSPS) is 40.7. The fourth-order valence-corrected chi connectivity index (χ4v) is 1.81. The van der Waals surface area contributed by atoms with Crippen LogP contribution in [0.1, 0.15) is 20.3 Å². The van der Waals surface area contributed by atoms with Crippen molar-refractivity contribution in [2.45, 2.75) is 44.7 Å². The summed E-state index contributed by atoms with van der Waals surface area (Å²) in [6.45, 7) is 3.71. The lowest BCUT2D eigenvalue weighted by Gasteiger charge is -2.29.